The Balaban J connectivity index is 2.19. The van der Waals surface area contributed by atoms with Crippen LogP contribution in [0.1, 0.15) is 17.2 Å². The Bertz CT molecular complexity index is 527. The second kappa shape index (κ2) is 5.89. The normalized spacial score (nSPS) is 12.2. The summed E-state index contributed by atoms with van der Waals surface area (Å²) >= 11 is 5.94. The van der Waals surface area contributed by atoms with Crippen molar-refractivity contribution in [2.24, 2.45) is 0 Å². The van der Waals surface area contributed by atoms with Crippen LogP contribution in [0.5, 0.6) is 0 Å². The van der Waals surface area contributed by atoms with Gasteiger partial charge in [0.15, 0.2) is 0 Å². The number of aliphatic hydroxyl groups is 1. The van der Waals surface area contributed by atoms with Gasteiger partial charge >= 0.3 is 0 Å². The lowest BCUT2D eigenvalue weighted by molar-refractivity contribution is 0.276. The molecule has 0 aliphatic carbocycles. The number of aliphatic hydroxyl groups excluding tert-OH is 1. The summed E-state index contributed by atoms with van der Waals surface area (Å²) in [7, 11) is 0. The van der Waals surface area contributed by atoms with Crippen LogP contribution >= 0.6 is 11.6 Å². The van der Waals surface area contributed by atoms with Crippen LogP contribution < -0.4 is 5.32 Å². The number of aryl methyl sites for hydroxylation is 1. The smallest absolute Gasteiger partial charge is 0.0745 e. The highest BCUT2D eigenvalue weighted by atomic mass is 35.5. The highest BCUT2D eigenvalue weighted by molar-refractivity contribution is 6.30. The van der Waals surface area contributed by atoms with Crippen LogP contribution in [-0.2, 0) is 0 Å². The Kier molecular flexibility index (Phi) is 4.24. The molecule has 18 heavy (non-hydrogen) atoms. The van der Waals surface area contributed by atoms with Gasteiger partial charge in [0.1, 0.15) is 0 Å². The number of benzene rings is 2. The number of rotatable bonds is 4. The molecule has 0 heterocycles. The molecule has 2 aromatic rings. The minimum atomic E-state index is -0.122. The summed E-state index contributed by atoms with van der Waals surface area (Å²) in [4.78, 5) is 0. The molecule has 0 aliphatic heterocycles. The Hall–Kier alpha value is -1.51. The molecule has 2 nitrogen and oxygen atoms in total. The maximum absolute atomic E-state index is 9.51. The van der Waals surface area contributed by atoms with Crippen molar-refractivity contribution >= 4 is 17.3 Å². The first-order valence-electron chi connectivity index (χ1n) is 5.88. The average molecular weight is 262 g/mol. The molecule has 1 unspecified atom stereocenters. The molecule has 94 valence electrons. The van der Waals surface area contributed by atoms with Gasteiger partial charge in [-0.15, -0.1) is 0 Å². The largest absolute Gasteiger partial charge is 0.394 e. The van der Waals surface area contributed by atoms with Crippen molar-refractivity contribution in [1.82, 2.24) is 0 Å². The van der Waals surface area contributed by atoms with E-state index in [0.717, 1.165) is 11.3 Å². The van der Waals surface area contributed by atoms with Crippen LogP contribution in [0.3, 0.4) is 0 Å². The van der Waals surface area contributed by atoms with E-state index in [2.05, 4.69) is 11.4 Å². The summed E-state index contributed by atoms with van der Waals surface area (Å²) in [5.41, 5.74) is 3.15. The van der Waals surface area contributed by atoms with Gasteiger partial charge in [0.25, 0.3) is 0 Å². The monoisotopic (exact) mass is 261 g/mol. The minimum Gasteiger partial charge on any atom is -0.394 e. The van der Waals surface area contributed by atoms with Crippen LogP contribution in [0.4, 0.5) is 5.69 Å². The summed E-state index contributed by atoms with van der Waals surface area (Å²) in [6.45, 7) is 2.08. The van der Waals surface area contributed by atoms with Crippen LogP contribution in [0, 0.1) is 6.92 Å². The fraction of sp³-hybridized carbons (Fsp3) is 0.200. The van der Waals surface area contributed by atoms with E-state index in [1.54, 1.807) is 0 Å². The van der Waals surface area contributed by atoms with Gasteiger partial charge in [-0.3, -0.25) is 0 Å². The molecular weight excluding hydrogens is 246 g/mol. The lowest BCUT2D eigenvalue weighted by Crippen LogP contribution is -2.14. The third kappa shape index (κ3) is 3.25. The fourth-order valence-electron chi connectivity index (χ4n) is 1.90. The van der Waals surface area contributed by atoms with Gasteiger partial charge < -0.3 is 10.4 Å². The molecule has 0 aromatic heterocycles. The van der Waals surface area contributed by atoms with Gasteiger partial charge in [-0.1, -0.05) is 47.5 Å². The zero-order valence-corrected chi connectivity index (χ0v) is 11.0. The summed E-state index contributed by atoms with van der Waals surface area (Å²) < 4.78 is 0. The Labute approximate surface area is 112 Å². The van der Waals surface area contributed by atoms with Crippen molar-refractivity contribution in [3.05, 3.63) is 64.7 Å². The Morgan fingerprint density at radius 2 is 1.94 bits per heavy atom. The van der Waals surface area contributed by atoms with E-state index in [-0.39, 0.29) is 12.6 Å². The van der Waals surface area contributed by atoms with Crippen molar-refractivity contribution in [3.8, 4) is 0 Å². The second-order valence-corrected chi connectivity index (χ2v) is 4.74. The quantitative estimate of drug-likeness (QED) is 0.878. The molecule has 0 amide bonds. The number of halogens is 1. The van der Waals surface area contributed by atoms with Crippen LogP contribution in [0.25, 0.3) is 0 Å². The molecule has 0 fully saturated rings. The average Bonchev–Trinajstić information content (AvgIpc) is 2.36. The molecule has 0 bridgehead atoms. The van der Waals surface area contributed by atoms with Crippen molar-refractivity contribution in [2.45, 2.75) is 13.0 Å². The van der Waals surface area contributed by atoms with Gasteiger partial charge in [0.2, 0.25) is 0 Å². The lowest BCUT2D eigenvalue weighted by Gasteiger charge is -2.18. The molecule has 2 rings (SSSR count). The van der Waals surface area contributed by atoms with Gasteiger partial charge in [-0.05, 0) is 30.7 Å². The fourth-order valence-corrected chi connectivity index (χ4v) is 2.09. The minimum absolute atomic E-state index is 0.0377. The van der Waals surface area contributed by atoms with E-state index in [1.807, 2.05) is 49.4 Å². The van der Waals surface area contributed by atoms with Crippen LogP contribution in [-0.4, -0.2) is 11.7 Å². The number of hydrogen-bond donors (Lipinski definition) is 2. The van der Waals surface area contributed by atoms with E-state index < -0.39 is 0 Å². The maximum atomic E-state index is 9.51. The van der Waals surface area contributed by atoms with E-state index in [9.17, 15) is 5.11 Å². The predicted octanol–water partition coefficient (Wildman–Crippen LogP) is 3.79. The number of anilines is 1. The van der Waals surface area contributed by atoms with Gasteiger partial charge in [-0.2, -0.15) is 0 Å². The van der Waals surface area contributed by atoms with Crippen molar-refractivity contribution < 1.29 is 5.11 Å². The Morgan fingerprint density at radius 1 is 1.17 bits per heavy atom. The van der Waals surface area contributed by atoms with E-state index in [1.165, 1.54) is 5.56 Å². The second-order valence-electron chi connectivity index (χ2n) is 4.30. The molecule has 3 heteroatoms. The highest BCUT2D eigenvalue weighted by Gasteiger charge is 2.10. The zero-order valence-electron chi connectivity index (χ0n) is 10.2. The molecule has 0 spiro atoms. The molecule has 1 atom stereocenters. The van der Waals surface area contributed by atoms with Gasteiger partial charge in [0, 0.05) is 10.7 Å². The first-order chi connectivity index (χ1) is 8.69. The highest BCUT2D eigenvalue weighted by Crippen LogP contribution is 2.22. The van der Waals surface area contributed by atoms with Crippen molar-refractivity contribution in [2.75, 3.05) is 11.9 Å². The maximum Gasteiger partial charge on any atom is 0.0745 e. The van der Waals surface area contributed by atoms with Gasteiger partial charge in [0.05, 0.1) is 12.6 Å². The summed E-state index contributed by atoms with van der Waals surface area (Å²) in [5, 5.41) is 13.5. The van der Waals surface area contributed by atoms with Crippen molar-refractivity contribution in [3.63, 3.8) is 0 Å². The first-order valence-corrected chi connectivity index (χ1v) is 6.26. The van der Waals surface area contributed by atoms with Crippen LogP contribution in [0.2, 0.25) is 5.02 Å². The molecule has 0 radical (unpaired) electrons. The van der Waals surface area contributed by atoms with Crippen molar-refractivity contribution in [1.29, 1.82) is 0 Å². The molecule has 0 saturated carbocycles. The zero-order chi connectivity index (χ0) is 13.0. The first kappa shape index (κ1) is 12.9. The molecule has 0 saturated heterocycles. The molecule has 2 N–H and O–H groups in total. The summed E-state index contributed by atoms with van der Waals surface area (Å²) in [6.07, 6.45) is 0. The van der Waals surface area contributed by atoms with E-state index in [4.69, 9.17) is 11.6 Å². The van der Waals surface area contributed by atoms with E-state index in [0.29, 0.717) is 5.02 Å². The standard InChI is InChI=1S/C15H16ClNO/c1-11-4-2-5-12(8-11)15(10-18)17-14-7-3-6-13(16)9-14/h2-9,15,17-18H,10H2,1H3. The van der Waals surface area contributed by atoms with E-state index >= 15 is 0 Å². The SMILES string of the molecule is Cc1cccc(C(CO)Nc2cccc(Cl)c2)c1. The third-order valence-electron chi connectivity index (χ3n) is 2.79. The summed E-state index contributed by atoms with van der Waals surface area (Å²) in [6, 6.07) is 15.5. The van der Waals surface area contributed by atoms with Crippen LogP contribution in [0.15, 0.2) is 48.5 Å². The summed E-state index contributed by atoms with van der Waals surface area (Å²) in [5.74, 6) is 0. The topological polar surface area (TPSA) is 32.3 Å². The van der Waals surface area contributed by atoms with Gasteiger partial charge in [-0.25, -0.2) is 0 Å². The Morgan fingerprint density at radius 3 is 2.61 bits per heavy atom. The molecular formula is C15H16ClNO. The third-order valence-corrected chi connectivity index (χ3v) is 3.03. The lowest BCUT2D eigenvalue weighted by atomic mass is 10.0. The predicted molar refractivity (Wildman–Crippen MR) is 76.1 cm³/mol. The molecule has 0 aliphatic rings. The number of nitrogens with one attached hydrogen (secondary N) is 1. The molecule has 2 aromatic carbocycles. The number of hydrogen-bond acceptors (Lipinski definition) is 2.